The van der Waals surface area contributed by atoms with Gasteiger partial charge < -0.3 is 21.9 Å². The lowest BCUT2D eigenvalue weighted by molar-refractivity contribution is 0.0997. The molecule has 1 amide bonds. The zero-order valence-electron chi connectivity index (χ0n) is 15.2. The second kappa shape index (κ2) is 8.14. The Bertz CT molecular complexity index is 1040. The molecule has 6 N–H and O–H groups in total. The maximum atomic E-state index is 11.3. The van der Waals surface area contributed by atoms with Crippen LogP contribution in [0, 0.1) is 6.92 Å². The maximum absolute atomic E-state index is 11.3. The molecule has 0 spiro atoms. The van der Waals surface area contributed by atoms with Crippen LogP contribution in [0.3, 0.4) is 0 Å². The van der Waals surface area contributed by atoms with Crippen molar-refractivity contribution in [2.45, 2.75) is 13.3 Å². The van der Waals surface area contributed by atoms with E-state index in [0.29, 0.717) is 29.5 Å². The number of halogens is 1. The molecule has 0 saturated carbocycles. The van der Waals surface area contributed by atoms with Crippen LogP contribution in [-0.4, -0.2) is 27.5 Å². The Balaban J connectivity index is 1.75. The molecule has 28 heavy (non-hydrogen) atoms. The fourth-order valence-corrected chi connectivity index (χ4v) is 3.02. The average Bonchev–Trinajstić information content (AvgIpc) is 2.64. The van der Waals surface area contributed by atoms with Gasteiger partial charge in [0.05, 0.1) is 11.3 Å². The molecule has 0 atom stereocenters. The van der Waals surface area contributed by atoms with Gasteiger partial charge in [0.15, 0.2) is 0 Å². The summed E-state index contributed by atoms with van der Waals surface area (Å²) in [6.07, 6.45) is 0.593. The van der Waals surface area contributed by atoms with Crippen molar-refractivity contribution in [2.75, 3.05) is 17.6 Å². The molecule has 0 bridgehead atoms. The van der Waals surface area contributed by atoms with Crippen molar-refractivity contribution in [2.24, 2.45) is 5.73 Å². The summed E-state index contributed by atoms with van der Waals surface area (Å²) in [7, 11) is 0. The van der Waals surface area contributed by atoms with E-state index in [0.717, 1.165) is 16.7 Å². The molecule has 144 valence electrons. The Hall–Kier alpha value is -3.32. The zero-order chi connectivity index (χ0) is 20.3. The fraction of sp³-hybridized carbons (Fsp3) is 0.150. The molecule has 0 radical (unpaired) electrons. The van der Waals surface area contributed by atoms with E-state index in [4.69, 9.17) is 23.1 Å². The first-order valence-corrected chi connectivity index (χ1v) is 8.98. The first-order chi connectivity index (χ1) is 13.3. The van der Waals surface area contributed by atoms with Gasteiger partial charge in [-0.3, -0.25) is 4.79 Å². The number of anilines is 2. The first kappa shape index (κ1) is 19.4. The van der Waals surface area contributed by atoms with Crippen molar-refractivity contribution in [3.05, 3.63) is 64.2 Å². The lowest BCUT2D eigenvalue weighted by Gasteiger charge is -2.11. The van der Waals surface area contributed by atoms with Gasteiger partial charge in [0.1, 0.15) is 11.6 Å². The van der Waals surface area contributed by atoms with Crippen molar-refractivity contribution in [3.63, 3.8) is 0 Å². The summed E-state index contributed by atoms with van der Waals surface area (Å²) in [5, 5.41) is 13.5. The number of nitrogens with zero attached hydrogens (tertiary/aromatic N) is 2. The van der Waals surface area contributed by atoms with E-state index in [1.165, 1.54) is 6.07 Å². The summed E-state index contributed by atoms with van der Waals surface area (Å²) in [5.74, 6) is -0.0671. The third-order valence-electron chi connectivity index (χ3n) is 4.33. The minimum Gasteiger partial charge on any atom is -0.507 e. The van der Waals surface area contributed by atoms with Gasteiger partial charge in [-0.05, 0) is 42.7 Å². The standard InChI is InChI=1S/C20H20ClN5O2/c1-11-13(3-2-4-15(11)21)16-10-18(26-20(23)25-16)24-8-7-12-5-6-17(27)14(9-12)19(22)28/h2-6,9-10,27H,7-8H2,1H3,(H2,22,28)(H3,23,24,25,26). The summed E-state index contributed by atoms with van der Waals surface area (Å²) in [5.41, 5.74) is 14.5. The number of phenols is 1. The van der Waals surface area contributed by atoms with Crippen molar-refractivity contribution >= 4 is 29.3 Å². The van der Waals surface area contributed by atoms with Crippen LogP contribution in [0.1, 0.15) is 21.5 Å². The average molecular weight is 398 g/mol. The van der Waals surface area contributed by atoms with Crippen LogP contribution in [0.2, 0.25) is 5.02 Å². The highest BCUT2D eigenvalue weighted by atomic mass is 35.5. The molecule has 8 heteroatoms. The normalized spacial score (nSPS) is 10.6. The zero-order valence-corrected chi connectivity index (χ0v) is 16.0. The van der Waals surface area contributed by atoms with E-state index in [2.05, 4.69) is 15.3 Å². The Morgan fingerprint density at radius 2 is 2.00 bits per heavy atom. The highest BCUT2D eigenvalue weighted by Crippen LogP contribution is 2.28. The number of nitrogen functional groups attached to an aromatic ring is 1. The van der Waals surface area contributed by atoms with Crippen LogP contribution in [-0.2, 0) is 6.42 Å². The van der Waals surface area contributed by atoms with Gasteiger partial charge in [0.25, 0.3) is 5.91 Å². The van der Waals surface area contributed by atoms with Crippen LogP contribution < -0.4 is 16.8 Å². The Labute approximate surface area is 167 Å². The predicted molar refractivity (Wildman–Crippen MR) is 110 cm³/mol. The number of benzene rings is 2. The van der Waals surface area contributed by atoms with Gasteiger partial charge in [0.2, 0.25) is 5.95 Å². The third kappa shape index (κ3) is 4.32. The molecule has 3 rings (SSSR count). The SMILES string of the molecule is Cc1c(Cl)cccc1-c1cc(NCCc2ccc(O)c(C(N)=O)c2)nc(N)n1. The molecular weight excluding hydrogens is 378 g/mol. The molecule has 0 aliphatic rings. The van der Waals surface area contributed by atoms with Gasteiger partial charge in [-0.15, -0.1) is 0 Å². The smallest absolute Gasteiger partial charge is 0.252 e. The Kier molecular flexibility index (Phi) is 5.65. The van der Waals surface area contributed by atoms with Gasteiger partial charge in [-0.25, -0.2) is 4.98 Å². The molecule has 0 unspecified atom stereocenters. The maximum Gasteiger partial charge on any atom is 0.252 e. The summed E-state index contributed by atoms with van der Waals surface area (Å²) in [4.78, 5) is 19.8. The monoisotopic (exact) mass is 397 g/mol. The van der Waals surface area contributed by atoms with Crippen LogP contribution in [0.15, 0.2) is 42.5 Å². The Morgan fingerprint density at radius 1 is 1.21 bits per heavy atom. The second-order valence-electron chi connectivity index (χ2n) is 6.30. The number of nitrogens with two attached hydrogens (primary N) is 2. The Morgan fingerprint density at radius 3 is 2.75 bits per heavy atom. The van der Waals surface area contributed by atoms with Crippen molar-refractivity contribution < 1.29 is 9.90 Å². The van der Waals surface area contributed by atoms with Crippen molar-refractivity contribution in [1.82, 2.24) is 9.97 Å². The number of hydrogen-bond acceptors (Lipinski definition) is 6. The molecule has 1 heterocycles. The van der Waals surface area contributed by atoms with E-state index < -0.39 is 5.91 Å². The van der Waals surface area contributed by atoms with Crippen LogP contribution >= 0.6 is 11.6 Å². The van der Waals surface area contributed by atoms with Crippen LogP contribution in [0.4, 0.5) is 11.8 Å². The lowest BCUT2D eigenvalue weighted by atomic mass is 10.1. The largest absolute Gasteiger partial charge is 0.507 e. The molecule has 0 saturated heterocycles. The molecule has 0 aliphatic carbocycles. The quantitative estimate of drug-likeness (QED) is 0.506. The van der Waals surface area contributed by atoms with E-state index in [-0.39, 0.29) is 17.3 Å². The number of rotatable bonds is 6. The number of primary amides is 1. The molecular formula is C20H20ClN5O2. The first-order valence-electron chi connectivity index (χ1n) is 8.60. The number of nitrogens with one attached hydrogen (secondary N) is 1. The van der Waals surface area contributed by atoms with Gasteiger partial charge in [-0.2, -0.15) is 4.98 Å². The minimum absolute atomic E-state index is 0.0995. The summed E-state index contributed by atoms with van der Waals surface area (Å²) < 4.78 is 0. The van der Waals surface area contributed by atoms with E-state index in [1.54, 1.807) is 18.2 Å². The summed E-state index contributed by atoms with van der Waals surface area (Å²) in [6, 6.07) is 12.2. The highest BCUT2D eigenvalue weighted by Gasteiger charge is 2.10. The molecule has 1 aromatic heterocycles. The number of amides is 1. The third-order valence-corrected chi connectivity index (χ3v) is 4.74. The highest BCUT2D eigenvalue weighted by molar-refractivity contribution is 6.31. The van der Waals surface area contributed by atoms with E-state index in [1.807, 2.05) is 25.1 Å². The van der Waals surface area contributed by atoms with Gasteiger partial charge in [0, 0.05) is 23.2 Å². The van der Waals surface area contributed by atoms with E-state index in [9.17, 15) is 9.90 Å². The molecule has 3 aromatic rings. The lowest BCUT2D eigenvalue weighted by Crippen LogP contribution is -2.12. The number of aromatic hydroxyl groups is 1. The summed E-state index contributed by atoms with van der Waals surface area (Å²) in [6.45, 7) is 2.46. The minimum atomic E-state index is -0.669. The van der Waals surface area contributed by atoms with Crippen LogP contribution in [0.5, 0.6) is 5.75 Å². The number of aromatic nitrogens is 2. The predicted octanol–water partition coefficient (Wildman–Crippen LogP) is 3.15. The topological polar surface area (TPSA) is 127 Å². The van der Waals surface area contributed by atoms with Crippen LogP contribution in [0.25, 0.3) is 11.3 Å². The fourth-order valence-electron chi connectivity index (χ4n) is 2.85. The van der Waals surface area contributed by atoms with Crippen molar-refractivity contribution in [3.8, 4) is 17.0 Å². The number of carbonyl (C=O) groups excluding carboxylic acids is 1. The second-order valence-corrected chi connectivity index (χ2v) is 6.71. The van der Waals surface area contributed by atoms with E-state index >= 15 is 0 Å². The number of carbonyl (C=O) groups is 1. The summed E-state index contributed by atoms with van der Waals surface area (Å²) >= 11 is 6.20. The molecule has 7 nitrogen and oxygen atoms in total. The molecule has 2 aromatic carbocycles. The molecule has 0 fully saturated rings. The van der Waals surface area contributed by atoms with Crippen molar-refractivity contribution in [1.29, 1.82) is 0 Å². The number of hydrogen-bond donors (Lipinski definition) is 4. The molecule has 0 aliphatic heterocycles. The van der Waals surface area contributed by atoms with Gasteiger partial charge in [-0.1, -0.05) is 29.8 Å². The van der Waals surface area contributed by atoms with Gasteiger partial charge >= 0.3 is 0 Å².